The zero-order chi connectivity index (χ0) is 13.1. The predicted octanol–water partition coefficient (Wildman–Crippen LogP) is 2.59. The van der Waals surface area contributed by atoms with Gasteiger partial charge in [-0.1, -0.05) is 27.4 Å². The van der Waals surface area contributed by atoms with Gasteiger partial charge in [0.25, 0.3) is 0 Å². The average molecular weight is 238 g/mol. The Hall–Kier alpha value is -0.830. The van der Waals surface area contributed by atoms with Crippen LogP contribution in [0.25, 0.3) is 0 Å². The lowest BCUT2D eigenvalue weighted by atomic mass is 9.63. The zero-order valence-corrected chi connectivity index (χ0v) is 10.9. The topological polar surface area (TPSA) is 57.5 Å². The highest BCUT2D eigenvalue weighted by atomic mass is 16.4. The van der Waals surface area contributed by atoms with Crippen molar-refractivity contribution in [1.29, 1.82) is 0 Å². The van der Waals surface area contributed by atoms with Crippen LogP contribution in [0.2, 0.25) is 0 Å². The summed E-state index contributed by atoms with van der Waals surface area (Å²) in [5.41, 5.74) is -0.879. The molecule has 2 bridgehead atoms. The molecule has 3 unspecified atom stereocenters. The van der Waals surface area contributed by atoms with Crippen molar-refractivity contribution in [3.8, 4) is 0 Å². The van der Waals surface area contributed by atoms with Gasteiger partial charge >= 0.3 is 5.97 Å². The second-order valence-corrected chi connectivity index (χ2v) is 6.61. The van der Waals surface area contributed by atoms with Crippen LogP contribution in [0.3, 0.4) is 0 Å². The van der Waals surface area contributed by atoms with E-state index in [2.05, 4.69) is 27.4 Å². The third-order valence-corrected chi connectivity index (χ3v) is 5.86. The van der Waals surface area contributed by atoms with Gasteiger partial charge in [-0.2, -0.15) is 0 Å². The number of rotatable bonds is 3. The lowest BCUT2D eigenvalue weighted by molar-refractivity contribution is -0.135. The van der Waals surface area contributed by atoms with Gasteiger partial charge < -0.3 is 10.2 Å². The largest absolute Gasteiger partial charge is 0.478 e. The first-order valence-electron chi connectivity index (χ1n) is 6.27. The molecule has 0 spiro atoms. The summed E-state index contributed by atoms with van der Waals surface area (Å²) in [5, 5.41) is 19.8. The molecule has 2 rings (SSSR count). The fraction of sp³-hybridized carbons (Fsp3) is 0.786. The molecule has 2 N–H and O–H groups in total. The highest BCUT2D eigenvalue weighted by Gasteiger charge is 2.68. The summed E-state index contributed by atoms with van der Waals surface area (Å²) < 4.78 is 0. The highest BCUT2D eigenvalue weighted by Crippen LogP contribution is 2.70. The number of hydrogen-bond donors (Lipinski definition) is 2. The van der Waals surface area contributed by atoms with E-state index in [0.717, 1.165) is 12.8 Å². The third-order valence-electron chi connectivity index (χ3n) is 5.86. The maximum Gasteiger partial charge on any atom is 0.331 e. The summed E-state index contributed by atoms with van der Waals surface area (Å²) in [6, 6.07) is 0. The van der Waals surface area contributed by atoms with Crippen LogP contribution in [0.4, 0.5) is 0 Å². The van der Waals surface area contributed by atoms with Crippen LogP contribution in [0.5, 0.6) is 0 Å². The molecule has 3 heteroatoms. The second kappa shape index (κ2) is 3.35. The van der Waals surface area contributed by atoms with Crippen LogP contribution in [0.1, 0.15) is 46.5 Å². The molecule has 96 valence electrons. The van der Waals surface area contributed by atoms with E-state index in [1.165, 1.54) is 0 Å². The SMILES string of the molecule is C=C(CC1(O)CC2CCC1(C)C2(C)C)C(=O)O. The van der Waals surface area contributed by atoms with Crippen LogP contribution >= 0.6 is 0 Å². The quantitative estimate of drug-likeness (QED) is 0.743. The number of aliphatic carboxylic acids is 1. The van der Waals surface area contributed by atoms with Gasteiger partial charge in [-0.05, 0) is 30.6 Å². The third kappa shape index (κ3) is 1.41. The minimum absolute atomic E-state index is 0.0839. The standard InChI is InChI=1S/C14H22O3/c1-9(11(15)16)7-14(17)8-10-5-6-13(14,4)12(10,2)3/h10,17H,1,5-8H2,2-4H3,(H,15,16). The van der Waals surface area contributed by atoms with Gasteiger partial charge in [-0.3, -0.25) is 0 Å². The first-order valence-corrected chi connectivity index (χ1v) is 6.27. The Kier molecular flexibility index (Phi) is 2.48. The highest BCUT2D eigenvalue weighted by molar-refractivity contribution is 5.86. The molecule has 0 aromatic carbocycles. The molecule has 0 aromatic heterocycles. The summed E-state index contributed by atoms with van der Waals surface area (Å²) in [6.07, 6.45) is 3.03. The fourth-order valence-electron chi connectivity index (χ4n) is 4.11. The van der Waals surface area contributed by atoms with E-state index >= 15 is 0 Å². The van der Waals surface area contributed by atoms with Crippen LogP contribution in [0, 0.1) is 16.7 Å². The van der Waals surface area contributed by atoms with Crippen LogP contribution in [-0.4, -0.2) is 21.8 Å². The molecular weight excluding hydrogens is 216 g/mol. The molecule has 0 aliphatic heterocycles. The van der Waals surface area contributed by atoms with Crippen molar-refractivity contribution in [2.45, 2.75) is 52.1 Å². The Morgan fingerprint density at radius 2 is 2.00 bits per heavy atom. The summed E-state index contributed by atoms with van der Waals surface area (Å²) in [4.78, 5) is 10.9. The van der Waals surface area contributed by atoms with Crippen LogP contribution in [-0.2, 0) is 4.79 Å². The van der Waals surface area contributed by atoms with Crippen molar-refractivity contribution < 1.29 is 15.0 Å². The average Bonchev–Trinajstić information content (AvgIpc) is 2.49. The van der Waals surface area contributed by atoms with Gasteiger partial charge in [-0.15, -0.1) is 0 Å². The van der Waals surface area contributed by atoms with Crippen molar-refractivity contribution in [3.63, 3.8) is 0 Å². The van der Waals surface area contributed by atoms with E-state index in [4.69, 9.17) is 5.11 Å². The van der Waals surface area contributed by atoms with Crippen LogP contribution in [0.15, 0.2) is 12.2 Å². The van der Waals surface area contributed by atoms with Gasteiger partial charge in [0, 0.05) is 17.4 Å². The van der Waals surface area contributed by atoms with Gasteiger partial charge in [0.15, 0.2) is 0 Å². The predicted molar refractivity (Wildman–Crippen MR) is 65.6 cm³/mol. The zero-order valence-electron chi connectivity index (χ0n) is 10.9. The molecular formula is C14H22O3. The maximum absolute atomic E-state index is 10.9. The maximum atomic E-state index is 10.9. The minimum Gasteiger partial charge on any atom is -0.478 e. The Balaban J connectivity index is 2.30. The molecule has 3 atom stereocenters. The molecule has 2 fully saturated rings. The number of hydrogen-bond acceptors (Lipinski definition) is 2. The van der Waals surface area contributed by atoms with Crippen LogP contribution < -0.4 is 0 Å². The van der Waals surface area contributed by atoms with E-state index < -0.39 is 11.6 Å². The Bertz CT molecular complexity index is 385. The molecule has 0 aromatic rings. The number of carboxylic acids is 1. The summed E-state index contributed by atoms with van der Waals surface area (Å²) in [5.74, 6) is -0.498. The first kappa shape index (κ1) is 12.6. The van der Waals surface area contributed by atoms with Crippen molar-refractivity contribution in [3.05, 3.63) is 12.2 Å². The lowest BCUT2D eigenvalue weighted by Gasteiger charge is -2.45. The molecule has 2 aliphatic rings. The fourth-order valence-corrected chi connectivity index (χ4v) is 4.11. The van der Waals surface area contributed by atoms with Gasteiger partial charge in [0.1, 0.15) is 0 Å². The molecule has 2 aliphatic carbocycles. The van der Waals surface area contributed by atoms with Gasteiger partial charge in [0.05, 0.1) is 5.60 Å². The Morgan fingerprint density at radius 3 is 2.35 bits per heavy atom. The van der Waals surface area contributed by atoms with Gasteiger partial charge in [0.2, 0.25) is 0 Å². The smallest absolute Gasteiger partial charge is 0.331 e. The number of carbonyl (C=O) groups is 1. The number of carboxylic acid groups (broad SMARTS) is 1. The van der Waals surface area contributed by atoms with Crippen molar-refractivity contribution in [1.82, 2.24) is 0 Å². The Labute approximate surface area is 103 Å². The summed E-state index contributed by atoms with van der Waals surface area (Å²) in [7, 11) is 0. The Morgan fingerprint density at radius 1 is 1.41 bits per heavy atom. The molecule has 0 heterocycles. The lowest BCUT2D eigenvalue weighted by Crippen LogP contribution is -2.47. The number of fused-ring (bicyclic) bond motifs is 2. The van der Waals surface area contributed by atoms with Crippen molar-refractivity contribution in [2.24, 2.45) is 16.7 Å². The number of aliphatic hydroxyl groups is 1. The summed E-state index contributed by atoms with van der Waals surface area (Å²) in [6.45, 7) is 10.1. The van der Waals surface area contributed by atoms with Gasteiger partial charge in [-0.25, -0.2) is 4.79 Å². The van der Waals surface area contributed by atoms with Crippen molar-refractivity contribution in [2.75, 3.05) is 0 Å². The van der Waals surface area contributed by atoms with E-state index in [0.29, 0.717) is 12.3 Å². The minimum atomic E-state index is -0.998. The van der Waals surface area contributed by atoms with E-state index in [1.54, 1.807) is 0 Å². The summed E-state index contributed by atoms with van der Waals surface area (Å²) >= 11 is 0. The molecule has 0 radical (unpaired) electrons. The molecule has 3 nitrogen and oxygen atoms in total. The first-order chi connectivity index (χ1) is 7.64. The van der Waals surface area contributed by atoms with E-state index in [-0.39, 0.29) is 22.8 Å². The molecule has 0 saturated heterocycles. The molecule has 2 saturated carbocycles. The molecule has 17 heavy (non-hydrogen) atoms. The van der Waals surface area contributed by atoms with E-state index in [1.807, 2.05) is 0 Å². The second-order valence-electron chi connectivity index (χ2n) is 6.61. The monoisotopic (exact) mass is 238 g/mol. The van der Waals surface area contributed by atoms with E-state index in [9.17, 15) is 9.90 Å². The van der Waals surface area contributed by atoms with Crippen molar-refractivity contribution >= 4 is 5.97 Å². The normalized spacial score (nSPS) is 42.7. The molecule has 0 amide bonds.